The van der Waals surface area contributed by atoms with Gasteiger partial charge in [0, 0.05) is 17.4 Å². The maximum absolute atomic E-state index is 12.5. The summed E-state index contributed by atoms with van der Waals surface area (Å²) in [6.45, 7) is 5.62. The van der Waals surface area contributed by atoms with Crippen molar-refractivity contribution < 1.29 is 4.79 Å². The van der Waals surface area contributed by atoms with Crippen molar-refractivity contribution in [1.82, 2.24) is 9.55 Å². The number of imidazole rings is 1. The highest BCUT2D eigenvalue weighted by atomic mass is 35.5. The smallest absolute Gasteiger partial charge is 0.242 e. The topological polar surface area (TPSA) is 34.9 Å². The summed E-state index contributed by atoms with van der Waals surface area (Å²) < 4.78 is 1.58. The number of nitrogens with zero attached hydrogens (tertiary/aromatic N) is 2. The summed E-state index contributed by atoms with van der Waals surface area (Å²) in [5, 5.41) is 0.667. The van der Waals surface area contributed by atoms with Crippen molar-refractivity contribution in [2.75, 3.05) is 0 Å². The lowest BCUT2D eigenvalue weighted by Crippen LogP contribution is -2.34. The SMILES string of the molecule is Cc1nccn1C(=O)C(C)(C)c1ccc(Cl)cc1. The van der Waals surface area contributed by atoms with E-state index in [0.717, 1.165) is 5.56 Å². The zero-order valence-electron chi connectivity index (χ0n) is 10.6. The van der Waals surface area contributed by atoms with Crippen molar-refractivity contribution in [2.24, 2.45) is 0 Å². The largest absolute Gasteiger partial charge is 0.273 e. The minimum atomic E-state index is -0.615. The summed E-state index contributed by atoms with van der Waals surface area (Å²) in [5.41, 5.74) is 0.320. The highest BCUT2D eigenvalue weighted by Crippen LogP contribution is 2.26. The van der Waals surface area contributed by atoms with Gasteiger partial charge < -0.3 is 0 Å². The molecule has 1 aromatic carbocycles. The standard InChI is InChI=1S/C14H15ClN2O/c1-10-16-8-9-17(10)13(18)14(2,3)11-4-6-12(15)7-5-11/h4-9H,1-3H3. The average molecular weight is 263 g/mol. The normalized spacial score (nSPS) is 11.6. The molecule has 0 aliphatic rings. The zero-order chi connectivity index (χ0) is 13.3. The molecule has 2 aromatic rings. The van der Waals surface area contributed by atoms with E-state index in [4.69, 9.17) is 11.6 Å². The van der Waals surface area contributed by atoms with Crippen LogP contribution in [0, 0.1) is 6.92 Å². The van der Waals surface area contributed by atoms with Crippen molar-refractivity contribution in [2.45, 2.75) is 26.2 Å². The zero-order valence-corrected chi connectivity index (χ0v) is 11.4. The maximum atomic E-state index is 12.5. The van der Waals surface area contributed by atoms with Crippen LogP contribution >= 0.6 is 11.6 Å². The molecule has 0 aliphatic carbocycles. The summed E-state index contributed by atoms with van der Waals surface area (Å²) in [6, 6.07) is 7.36. The van der Waals surface area contributed by atoms with Gasteiger partial charge in [0.15, 0.2) is 0 Å². The van der Waals surface area contributed by atoms with Crippen LogP contribution in [0.5, 0.6) is 0 Å². The Morgan fingerprint density at radius 2 is 1.89 bits per heavy atom. The number of hydrogen-bond donors (Lipinski definition) is 0. The monoisotopic (exact) mass is 262 g/mol. The van der Waals surface area contributed by atoms with Crippen LogP contribution in [-0.4, -0.2) is 15.5 Å². The van der Waals surface area contributed by atoms with Gasteiger partial charge in [0.2, 0.25) is 5.91 Å². The van der Waals surface area contributed by atoms with Crippen LogP contribution in [-0.2, 0) is 5.41 Å². The number of carbonyl (C=O) groups excluding carboxylic acids is 1. The van der Waals surface area contributed by atoms with Crippen molar-refractivity contribution in [3.05, 3.63) is 53.1 Å². The van der Waals surface area contributed by atoms with Crippen LogP contribution in [0.25, 0.3) is 0 Å². The molecule has 2 rings (SSSR count). The molecule has 0 N–H and O–H groups in total. The lowest BCUT2D eigenvalue weighted by Gasteiger charge is -2.24. The molecule has 0 spiro atoms. The quantitative estimate of drug-likeness (QED) is 0.831. The molecule has 0 amide bonds. The van der Waals surface area contributed by atoms with E-state index in [1.807, 2.05) is 32.9 Å². The third-order valence-corrected chi connectivity index (χ3v) is 3.40. The fourth-order valence-electron chi connectivity index (χ4n) is 1.88. The van der Waals surface area contributed by atoms with Crippen molar-refractivity contribution in [3.63, 3.8) is 0 Å². The molecule has 0 saturated heterocycles. The van der Waals surface area contributed by atoms with E-state index < -0.39 is 5.41 Å². The van der Waals surface area contributed by atoms with Gasteiger partial charge in [-0.25, -0.2) is 4.98 Å². The summed E-state index contributed by atoms with van der Waals surface area (Å²) in [4.78, 5) is 16.6. The van der Waals surface area contributed by atoms with Crippen molar-refractivity contribution in [3.8, 4) is 0 Å². The first-order valence-corrected chi connectivity index (χ1v) is 6.11. The Labute approximate surface area is 111 Å². The van der Waals surface area contributed by atoms with Crippen LogP contribution < -0.4 is 0 Å². The summed E-state index contributed by atoms with van der Waals surface area (Å²) in [6.07, 6.45) is 3.32. The lowest BCUT2D eigenvalue weighted by atomic mass is 9.83. The van der Waals surface area contributed by atoms with Crippen LogP contribution in [0.4, 0.5) is 0 Å². The minimum absolute atomic E-state index is 0.000164. The van der Waals surface area contributed by atoms with E-state index in [-0.39, 0.29) is 5.91 Å². The van der Waals surface area contributed by atoms with Crippen molar-refractivity contribution >= 4 is 17.5 Å². The Bertz CT molecular complexity index is 570. The fourth-order valence-corrected chi connectivity index (χ4v) is 2.01. The molecule has 0 bridgehead atoms. The Kier molecular flexibility index (Phi) is 3.26. The number of rotatable bonds is 2. The fraction of sp³-hybridized carbons (Fsp3) is 0.286. The van der Waals surface area contributed by atoms with Crippen LogP contribution in [0.15, 0.2) is 36.7 Å². The maximum Gasteiger partial charge on any atom is 0.242 e. The van der Waals surface area contributed by atoms with E-state index in [2.05, 4.69) is 4.98 Å². The molecular weight excluding hydrogens is 248 g/mol. The number of benzene rings is 1. The Morgan fingerprint density at radius 1 is 1.28 bits per heavy atom. The van der Waals surface area contributed by atoms with E-state index >= 15 is 0 Å². The van der Waals surface area contributed by atoms with E-state index in [1.165, 1.54) is 0 Å². The Hall–Kier alpha value is -1.61. The van der Waals surface area contributed by atoms with E-state index in [1.54, 1.807) is 29.1 Å². The number of carbonyl (C=O) groups is 1. The van der Waals surface area contributed by atoms with Gasteiger partial charge in [-0.3, -0.25) is 9.36 Å². The highest BCUT2D eigenvalue weighted by molar-refractivity contribution is 6.30. The second-order valence-electron chi connectivity index (χ2n) is 4.78. The number of halogens is 1. The van der Waals surface area contributed by atoms with Gasteiger partial charge in [-0.1, -0.05) is 23.7 Å². The van der Waals surface area contributed by atoms with Crippen LogP contribution in [0.1, 0.15) is 30.0 Å². The first kappa shape index (κ1) is 12.8. The molecule has 0 fully saturated rings. The first-order chi connectivity index (χ1) is 8.43. The Morgan fingerprint density at radius 3 is 2.39 bits per heavy atom. The average Bonchev–Trinajstić information content (AvgIpc) is 2.75. The molecule has 0 saturated carbocycles. The molecule has 0 unspecified atom stereocenters. The van der Waals surface area contributed by atoms with Crippen LogP contribution in [0.2, 0.25) is 5.02 Å². The third kappa shape index (κ3) is 2.18. The van der Waals surface area contributed by atoms with Crippen LogP contribution in [0.3, 0.4) is 0 Å². The van der Waals surface area contributed by atoms with Gasteiger partial charge in [-0.15, -0.1) is 0 Å². The molecule has 1 heterocycles. The summed E-state index contributed by atoms with van der Waals surface area (Å²) in [5.74, 6) is 0.696. The molecule has 94 valence electrons. The van der Waals surface area contributed by atoms with Gasteiger partial charge in [-0.2, -0.15) is 0 Å². The second kappa shape index (κ2) is 4.58. The van der Waals surface area contributed by atoms with Crippen molar-refractivity contribution in [1.29, 1.82) is 0 Å². The molecule has 4 heteroatoms. The molecule has 1 aromatic heterocycles. The minimum Gasteiger partial charge on any atom is -0.273 e. The highest BCUT2D eigenvalue weighted by Gasteiger charge is 2.31. The third-order valence-electron chi connectivity index (χ3n) is 3.15. The molecule has 3 nitrogen and oxygen atoms in total. The molecular formula is C14H15ClN2O. The molecule has 18 heavy (non-hydrogen) atoms. The first-order valence-electron chi connectivity index (χ1n) is 5.74. The second-order valence-corrected chi connectivity index (χ2v) is 5.22. The number of hydrogen-bond acceptors (Lipinski definition) is 2. The summed E-state index contributed by atoms with van der Waals surface area (Å²) >= 11 is 5.87. The predicted molar refractivity (Wildman–Crippen MR) is 72.1 cm³/mol. The molecule has 0 aliphatic heterocycles. The molecule has 0 radical (unpaired) electrons. The molecule has 0 atom stereocenters. The van der Waals surface area contributed by atoms with E-state index in [9.17, 15) is 4.79 Å². The van der Waals surface area contributed by atoms with Gasteiger partial charge in [0.1, 0.15) is 5.82 Å². The predicted octanol–water partition coefficient (Wildman–Crippen LogP) is 3.46. The van der Waals surface area contributed by atoms with Gasteiger partial charge in [0.05, 0.1) is 5.41 Å². The van der Waals surface area contributed by atoms with Gasteiger partial charge >= 0.3 is 0 Å². The van der Waals surface area contributed by atoms with E-state index in [0.29, 0.717) is 10.8 Å². The Balaban J connectivity index is 2.39. The number of aryl methyl sites for hydroxylation is 1. The van der Waals surface area contributed by atoms with Gasteiger partial charge in [-0.05, 0) is 38.5 Å². The number of aromatic nitrogens is 2. The lowest BCUT2D eigenvalue weighted by molar-refractivity contribution is 0.0819. The summed E-state index contributed by atoms with van der Waals surface area (Å²) in [7, 11) is 0. The van der Waals surface area contributed by atoms with Gasteiger partial charge in [0.25, 0.3) is 0 Å².